The molecule has 0 bridgehead atoms. The Morgan fingerprint density at radius 3 is 2.21 bits per heavy atom. The van der Waals surface area contributed by atoms with Crippen molar-refractivity contribution in [2.75, 3.05) is 0 Å². The second-order valence-electron chi connectivity index (χ2n) is 3.95. The highest BCUT2D eigenvalue weighted by Crippen LogP contribution is 2.15. The van der Waals surface area contributed by atoms with Crippen LogP contribution in [0.25, 0.3) is 0 Å². The molecule has 0 fully saturated rings. The fourth-order valence-corrected chi connectivity index (χ4v) is 1.43. The molecule has 0 atom stereocenters. The lowest BCUT2D eigenvalue weighted by Gasteiger charge is -2.05. The molecule has 0 saturated carbocycles. The summed E-state index contributed by atoms with van der Waals surface area (Å²) in [7, 11) is 0. The van der Waals surface area contributed by atoms with Gasteiger partial charge in [0.25, 0.3) is 0 Å². The van der Waals surface area contributed by atoms with Gasteiger partial charge in [-0.25, -0.2) is 0 Å². The summed E-state index contributed by atoms with van der Waals surface area (Å²) < 4.78 is 0. The van der Waals surface area contributed by atoms with E-state index in [1.165, 1.54) is 5.56 Å². The second-order valence-corrected chi connectivity index (χ2v) is 3.95. The normalized spacial score (nSPS) is 10.6. The fourth-order valence-electron chi connectivity index (χ4n) is 1.43. The number of hydrogen-bond acceptors (Lipinski definition) is 1. The Morgan fingerprint density at radius 1 is 1.21 bits per heavy atom. The van der Waals surface area contributed by atoms with Gasteiger partial charge < -0.3 is 0 Å². The quantitative estimate of drug-likeness (QED) is 0.660. The molecule has 1 nitrogen and oxygen atoms in total. The third-order valence-electron chi connectivity index (χ3n) is 2.38. The molecular formula is C13H18O. The highest BCUT2D eigenvalue weighted by atomic mass is 16.1. The minimum absolute atomic E-state index is 0.253. The maximum absolute atomic E-state index is 11.5. The number of ketones is 1. The number of hydrogen-bond donors (Lipinski definition) is 0. The molecule has 0 N–H and O–H groups in total. The Bertz CT molecular complexity index is 296. The molecule has 0 aliphatic heterocycles. The zero-order valence-corrected chi connectivity index (χ0v) is 9.21. The molecule has 0 unspecified atom stereocenters. The first kappa shape index (κ1) is 11.0. The Kier molecular flexibility index (Phi) is 3.87. The van der Waals surface area contributed by atoms with Gasteiger partial charge in [-0.15, -0.1) is 0 Å². The number of Topliss-reactive ketones (excluding diaryl/α,β-unsaturated/α-hetero) is 1. The van der Waals surface area contributed by atoms with Crippen LogP contribution >= 0.6 is 0 Å². The topological polar surface area (TPSA) is 17.1 Å². The maximum atomic E-state index is 11.5. The molecule has 0 aliphatic carbocycles. The number of rotatable bonds is 4. The lowest BCUT2D eigenvalue weighted by atomic mass is 9.99. The number of carbonyl (C=O) groups excluding carboxylic acids is 1. The van der Waals surface area contributed by atoms with Gasteiger partial charge in [-0.3, -0.25) is 4.79 Å². The van der Waals surface area contributed by atoms with Crippen LogP contribution in [-0.4, -0.2) is 5.78 Å². The lowest BCUT2D eigenvalue weighted by molar-refractivity contribution is 0.0981. The van der Waals surface area contributed by atoms with Crippen molar-refractivity contribution in [3.63, 3.8) is 0 Å². The Hall–Kier alpha value is -1.11. The van der Waals surface area contributed by atoms with Gasteiger partial charge in [-0.2, -0.15) is 0 Å². The number of carbonyl (C=O) groups is 1. The van der Waals surface area contributed by atoms with Crippen molar-refractivity contribution < 1.29 is 4.79 Å². The molecule has 0 saturated heterocycles. The maximum Gasteiger partial charge on any atom is 0.162 e. The van der Waals surface area contributed by atoms with Gasteiger partial charge in [0, 0.05) is 12.0 Å². The van der Waals surface area contributed by atoms with E-state index in [0.717, 1.165) is 12.0 Å². The van der Waals surface area contributed by atoms with Crippen LogP contribution in [0.3, 0.4) is 0 Å². The number of benzene rings is 1. The third-order valence-corrected chi connectivity index (χ3v) is 2.38. The highest BCUT2D eigenvalue weighted by Gasteiger charge is 2.04. The molecule has 0 spiro atoms. The van der Waals surface area contributed by atoms with Gasteiger partial charge in [0.2, 0.25) is 0 Å². The second kappa shape index (κ2) is 4.94. The zero-order chi connectivity index (χ0) is 10.6. The predicted molar refractivity (Wildman–Crippen MR) is 59.8 cm³/mol. The molecule has 0 heterocycles. The molecule has 0 aromatic heterocycles. The average Bonchev–Trinajstić information content (AvgIpc) is 2.18. The first-order valence-electron chi connectivity index (χ1n) is 5.28. The Morgan fingerprint density at radius 2 is 1.79 bits per heavy atom. The Balaban J connectivity index is 2.78. The summed E-state index contributed by atoms with van der Waals surface area (Å²) in [5, 5.41) is 0. The van der Waals surface area contributed by atoms with E-state index in [4.69, 9.17) is 0 Å². The van der Waals surface area contributed by atoms with Gasteiger partial charge in [0.15, 0.2) is 5.78 Å². The van der Waals surface area contributed by atoms with E-state index in [0.29, 0.717) is 12.3 Å². The summed E-state index contributed by atoms with van der Waals surface area (Å²) in [6, 6.07) is 7.97. The van der Waals surface area contributed by atoms with Crippen molar-refractivity contribution in [3.8, 4) is 0 Å². The van der Waals surface area contributed by atoms with Gasteiger partial charge in [0.05, 0.1) is 0 Å². The molecular weight excluding hydrogens is 172 g/mol. The minimum atomic E-state index is 0.253. The van der Waals surface area contributed by atoms with Crippen molar-refractivity contribution in [2.24, 2.45) is 0 Å². The highest BCUT2D eigenvalue weighted by molar-refractivity contribution is 5.96. The van der Waals surface area contributed by atoms with Crippen LogP contribution in [-0.2, 0) is 0 Å². The minimum Gasteiger partial charge on any atom is -0.294 e. The van der Waals surface area contributed by atoms with Gasteiger partial charge in [0.1, 0.15) is 0 Å². The molecule has 1 rings (SSSR count). The standard InChI is InChI=1S/C13H18O/c1-4-5-13(14)12-8-6-11(7-9-12)10(2)3/h6-10H,4-5H2,1-3H3. The van der Waals surface area contributed by atoms with E-state index in [2.05, 4.69) is 13.8 Å². The van der Waals surface area contributed by atoms with E-state index in [9.17, 15) is 4.79 Å². The van der Waals surface area contributed by atoms with Crippen molar-refractivity contribution in [2.45, 2.75) is 39.5 Å². The van der Waals surface area contributed by atoms with E-state index >= 15 is 0 Å². The van der Waals surface area contributed by atoms with Crippen molar-refractivity contribution in [1.82, 2.24) is 0 Å². The molecule has 14 heavy (non-hydrogen) atoms. The average molecular weight is 190 g/mol. The summed E-state index contributed by atoms with van der Waals surface area (Å²) in [5.41, 5.74) is 2.13. The lowest BCUT2D eigenvalue weighted by Crippen LogP contribution is -1.98. The molecule has 0 radical (unpaired) electrons. The van der Waals surface area contributed by atoms with Crippen molar-refractivity contribution in [3.05, 3.63) is 35.4 Å². The van der Waals surface area contributed by atoms with Crippen molar-refractivity contribution >= 4 is 5.78 Å². The predicted octanol–water partition coefficient (Wildman–Crippen LogP) is 3.79. The largest absolute Gasteiger partial charge is 0.294 e. The van der Waals surface area contributed by atoms with Crippen LogP contribution in [0.1, 0.15) is 55.5 Å². The van der Waals surface area contributed by atoms with Crippen LogP contribution in [0.5, 0.6) is 0 Å². The summed E-state index contributed by atoms with van der Waals surface area (Å²) in [6.07, 6.45) is 1.58. The van der Waals surface area contributed by atoms with Crippen LogP contribution < -0.4 is 0 Å². The molecule has 76 valence electrons. The van der Waals surface area contributed by atoms with E-state index < -0.39 is 0 Å². The van der Waals surface area contributed by atoms with Gasteiger partial charge >= 0.3 is 0 Å². The van der Waals surface area contributed by atoms with E-state index in [1.807, 2.05) is 31.2 Å². The van der Waals surface area contributed by atoms with Crippen LogP contribution in [0.4, 0.5) is 0 Å². The Labute approximate surface area is 86.1 Å². The zero-order valence-electron chi connectivity index (χ0n) is 9.21. The summed E-state index contributed by atoms with van der Waals surface area (Å²) in [5.74, 6) is 0.785. The smallest absolute Gasteiger partial charge is 0.162 e. The SMILES string of the molecule is CCCC(=O)c1ccc(C(C)C)cc1. The molecule has 1 aromatic carbocycles. The summed E-state index contributed by atoms with van der Waals surface area (Å²) >= 11 is 0. The van der Waals surface area contributed by atoms with Crippen LogP contribution in [0, 0.1) is 0 Å². The fraction of sp³-hybridized carbons (Fsp3) is 0.462. The first-order valence-corrected chi connectivity index (χ1v) is 5.28. The van der Waals surface area contributed by atoms with Gasteiger partial charge in [-0.05, 0) is 17.9 Å². The molecule has 1 heteroatoms. The monoisotopic (exact) mass is 190 g/mol. The third kappa shape index (κ3) is 2.69. The molecule has 0 amide bonds. The van der Waals surface area contributed by atoms with Crippen molar-refractivity contribution in [1.29, 1.82) is 0 Å². The summed E-state index contributed by atoms with van der Waals surface area (Å²) in [6.45, 7) is 6.34. The first-order chi connectivity index (χ1) is 6.65. The van der Waals surface area contributed by atoms with E-state index in [-0.39, 0.29) is 5.78 Å². The summed E-state index contributed by atoms with van der Waals surface area (Å²) in [4.78, 5) is 11.5. The van der Waals surface area contributed by atoms with Crippen LogP contribution in [0.2, 0.25) is 0 Å². The van der Waals surface area contributed by atoms with Gasteiger partial charge in [-0.1, -0.05) is 45.0 Å². The molecule has 0 aliphatic rings. The van der Waals surface area contributed by atoms with E-state index in [1.54, 1.807) is 0 Å². The molecule has 1 aromatic rings. The van der Waals surface area contributed by atoms with Crippen LogP contribution in [0.15, 0.2) is 24.3 Å².